The predicted molar refractivity (Wildman–Crippen MR) is 91.7 cm³/mol. The van der Waals surface area contributed by atoms with Crippen LogP contribution in [0.15, 0.2) is 24.3 Å². The molecule has 2 fully saturated rings. The third-order valence-electron chi connectivity index (χ3n) is 6.10. The van der Waals surface area contributed by atoms with Crippen molar-refractivity contribution < 1.29 is 9.59 Å². The molecule has 5 nitrogen and oxygen atoms in total. The van der Waals surface area contributed by atoms with E-state index in [1.54, 1.807) is 4.90 Å². The number of amides is 3. The number of hydrogen-bond donors (Lipinski definition) is 0. The number of imide groups is 1. The fourth-order valence-electron chi connectivity index (χ4n) is 4.69. The molecule has 1 aliphatic carbocycles. The zero-order chi connectivity index (χ0) is 16.9. The number of nitrogens with zero attached hydrogens (tertiary/aromatic N) is 3. The Kier molecular flexibility index (Phi) is 3.64. The van der Waals surface area contributed by atoms with E-state index in [9.17, 15) is 9.59 Å². The average molecular weight is 327 g/mol. The zero-order valence-electron chi connectivity index (χ0n) is 14.5. The van der Waals surface area contributed by atoms with E-state index in [-0.39, 0.29) is 18.0 Å². The number of benzene rings is 1. The van der Waals surface area contributed by atoms with Gasteiger partial charge < -0.3 is 9.80 Å². The van der Waals surface area contributed by atoms with E-state index >= 15 is 0 Å². The van der Waals surface area contributed by atoms with Gasteiger partial charge in [0.1, 0.15) is 5.54 Å². The quantitative estimate of drug-likeness (QED) is 0.779. The van der Waals surface area contributed by atoms with E-state index in [2.05, 4.69) is 24.1 Å². The number of fused-ring (bicyclic) bond motifs is 1. The Bertz CT molecular complexity index is 654. The fourth-order valence-corrected chi connectivity index (χ4v) is 4.69. The molecule has 1 aromatic carbocycles. The van der Waals surface area contributed by atoms with E-state index < -0.39 is 5.54 Å². The monoisotopic (exact) mass is 327 g/mol. The summed E-state index contributed by atoms with van der Waals surface area (Å²) in [7, 11) is 2.08. The Hall–Kier alpha value is -1.88. The van der Waals surface area contributed by atoms with Gasteiger partial charge in [-0.2, -0.15) is 0 Å². The van der Waals surface area contributed by atoms with Crippen LogP contribution in [-0.2, 0) is 17.6 Å². The first-order valence-corrected chi connectivity index (χ1v) is 8.97. The van der Waals surface area contributed by atoms with Crippen LogP contribution in [0.5, 0.6) is 0 Å². The molecule has 0 atom stereocenters. The molecule has 0 N–H and O–H groups in total. The summed E-state index contributed by atoms with van der Waals surface area (Å²) in [6.45, 7) is 4.32. The van der Waals surface area contributed by atoms with Gasteiger partial charge in [-0.3, -0.25) is 9.69 Å². The molecule has 0 bridgehead atoms. The molecule has 3 aliphatic rings. The van der Waals surface area contributed by atoms with E-state index in [1.807, 2.05) is 24.0 Å². The minimum atomic E-state index is -0.604. The highest BCUT2D eigenvalue weighted by molar-refractivity contribution is 6.07. The van der Waals surface area contributed by atoms with Crippen molar-refractivity contribution in [3.8, 4) is 0 Å². The molecule has 5 heteroatoms. The predicted octanol–water partition coefficient (Wildman–Crippen LogP) is 1.90. The van der Waals surface area contributed by atoms with E-state index in [4.69, 9.17) is 0 Å². The van der Waals surface area contributed by atoms with E-state index in [0.29, 0.717) is 6.54 Å². The minimum absolute atomic E-state index is 0.0181. The first-order chi connectivity index (χ1) is 11.6. The lowest BCUT2D eigenvalue weighted by Crippen LogP contribution is -2.56. The second kappa shape index (κ2) is 5.59. The Labute approximate surface area is 143 Å². The largest absolute Gasteiger partial charge is 0.327 e. The molecule has 128 valence electrons. The van der Waals surface area contributed by atoms with Crippen LogP contribution in [0.25, 0.3) is 0 Å². The van der Waals surface area contributed by atoms with Crippen molar-refractivity contribution in [2.24, 2.45) is 0 Å². The summed E-state index contributed by atoms with van der Waals surface area (Å²) >= 11 is 0. The van der Waals surface area contributed by atoms with Crippen LogP contribution in [0, 0.1) is 0 Å². The van der Waals surface area contributed by atoms with Crippen molar-refractivity contribution in [2.75, 3.05) is 26.7 Å². The average Bonchev–Trinajstić information content (AvgIpc) is 3.08. The number of piperidine rings is 1. The van der Waals surface area contributed by atoms with Gasteiger partial charge in [0.05, 0.1) is 0 Å². The molecule has 1 spiro atoms. The van der Waals surface area contributed by atoms with Crippen molar-refractivity contribution >= 4 is 11.9 Å². The van der Waals surface area contributed by atoms with Crippen LogP contribution in [0.1, 0.15) is 30.9 Å². The van der Waals surface area contributed by atoms with Crippen LogP contribution in [-0.4, -0.2) is 64.9 Å². The van der Waals surface area contributed by atoms with Crippen LogP contribution >= 0.6 is 0 Å². The maximum Gasteiger partial charge on any atom is 0.327 e. The minimum Gasteiger partial charge on any atom is -0.310 e. The van der Waals surface area contributed by atoms with Gasteiger partial charge in [-0.25, -0.2) is 4.79 Å². The lowest BCUT2D eigenvalue weighted by molar-refractivity contribution is -0.136. The molecule has 2 heterocycles. The van der Waals surface area contributed by atoms with Crippen molar-refractivity contribution in [2.45, 2.75) is 44.2 Å². The van der Waals surface area contributed by atoms with Gasteiger partial charge in [-0.1, -0.05) is 24.3 Å². The number of carbonyl (C=O) groups is 2. The molecule has 0 saturated carbocycles. The van der Waals surface area contributed by atoms with Crippen molar-refractivity contribution in [3.63, 3.8) is 0 Å². The molecule has 4 rings (SSSR count). The molecule has 1 aromatic rings. The molecule has 0 radical (unpaired) electrons. The summed E-state index contributed by atoms with van der Waals surface area (Å²) in [5, 5.41) is 0. The van der Waals surface area contributed by atoms with Gasteiger partial charge in [-0.15, -0.1) is 0 Å². The zero-order valence-corrected chi connectivity index (χ0v) is 14.5. The second-order valence-corrected chi connectivity index (χ2v) is 7.37. The third kappa shape index (κ3) is 2.10. The molecule has 2 aliphatic heterocycles. The normalized spacial score (nSPS) is 24.2. The Morgan fingerprint density at radius 2 is 1.67 bits per heavy atom. The number of urea groups is 1. The molecular formula is C19H25N3O2. The lowest BCUT2D eigenvalue weighted by atomic mass is 9.86. The summed E-state index contributed by atoms with van der Waals surface area (Å²) in [6.07, 6.45) is 3.08. The summed E-state index contributed by atoms with van der Waals surface area (Å²) in [5.74, 6) is 0.0419. The highest BCUT2D eigenvalue weighted by Gasteiger charge is 2.58. The Morgan fingerprint density at radius 3 is 2.21 bits per heavy atom. The molecule has 0 aromatic heterocycles. The topological polar surface area (TPSA) is 43.9 Å². The molecule has 24 heavy (non-hydrogen) atoms. The van der Waals surface area contributed by atoms with Crippen LogP contribution in [0.2, 0.25) is 0 Å². The lowest BCUT2D eigenvalue weighted by Gasteiger charge is -2.40. The Morgan fingerprint density at radius 1 is 1.08 bits per heavy atom. The van der Waals surface area contributed by atoms with Crippen LogP contribution < -0.4 is 0 Å². The Balaban J connectivity index is 1.64. The van der Waals surface area contributed by atoms with Gasteiger partial charge in [0.15, 0.2) is 0 Å². The third-order valence-corrected chi connectivity index (χ3v) is 6.10. The fraction of sp³-hybridized carbons (Fsp3) is 0.579. The molecule has 3 amide bonds. The number of likely N-dealkylation sites (tertiary alicyclic amines) is 1. The smallest absolute Gasteiger partial charge is 0.310 e. The van der Waals surface area contributed by atoms with Gasteiger partial charge in [0.2, 0.25) is 0 Å². The summed E-state index contributed by atoms with van der Waals surface area (Å²) < 4.78 is 0. The molecular weight excluding hydrogens is 302 g/mol. The van der Waals surface area contributed by atoms with Gasteiger partial charge in [0, 0.05) is 25.7 Å². The van der Waals surface area contributed by atoms with Gasteiger partial charge in [-0.05, 0) is 50.8 Å². The van der Waals surface area contributed by atoms with Crippen molar-refractivity contribution in [1.82, 2.24) is 14.7 Å². The molecule has 0 unspecified atom stereocenters. The highest BCUT2D eigenvalue weighted by atomic mass is 16.2. The van der Waals surface area contributed by atoms with Gasteiger partial charge >= 0.3 is 6.03 Å². The molecule has 2 saturated heterocycles. The standard InChI is InChI=1S/C19H25N3O2/c1-3-21-18(24)22(16-12-14-6-4-5-7-15(14)13-16)17(23)19(21)8-10-20(2)11-9-19/h4-7,16H,3,8-13H2,1-2H3. The summed E-state index contributed by atoms with van der Waals surface area (Å²) in [6, 6.07) is 8.20. The summed E-state index contributed by atoms with van der Waals surface area (Å²) in [4.78, 5) is 32.1. The van der Waals surface area contributed by atoms with E-state index in [0.717, 1.165) is 38.8 Å². The summed E-state index contributed by atoms with van der Waals surface area (Å²) in [5.41, 5.74) is 1.94. The number of hydrogen-bond acceptors (Lipinski definition) is 3. The first kappa shape index (κ1) is 15.6. The van der Waals surface area contributed by atoms with E-state index in [1.165, 1.54) is 11.1 Å². The van der Waals surface area contributed by atoms with Gasteiger partial charge in [0.25, 0.3) is 5.91 Å². The SMILES string of the molecule is CCN1C(=O)N(C2Cc3ccccc3C2)C(=O)C12CCN(C)CC2. The number of carbonyl (C=O) groups excluding carboxylic acids is 2. The number of rotatable bonds is 2. The van der Waals surface area contributed by atoms with Crippen molar-refractivity contribution in [1.29, 1.82) is 0 Å². The first-order valence-electron chi connectivity index (χ1n) is 8.97. The maximum atomic E-state index is 13.4. The van der Waals surface area contributed by atoms with Crippen molar-refractivity contribution in [3.05, 3.63) is 35.4 Å². The number of likely N-dealkylation sites (N-methyl/N-ethyl adjacent to an activating group) is 1. The highest BCUT2D eigenvalue weighted by Crippen LogP contribution is 2.39. The second-order valence-electron chi connectivity index (χ2n) is 7.37. The van der Waals surface area contributed by atoms with Crippen LogP contribution in [0.3, 0.4) is 0 Å². The van der Waals surface area contributed by atoms with Crippen LogP contribution in [0.4, 0.5) is 4.79 Å². The maximum absolute atomic E-state index is 13.4.